The molecule has 0 spiro atoms. The molecule has 0 aromatic heterocycles. The number of carbonyl (C=O) groups excluding carboxylic acids is 2. The van der Waals surface area contributed by atoms with E-state index in [0.29, 0.717) is 12.8 Å². The lowest BCUT2D eigenvalue weighted by molar-refractivity contribution is -0.133. The first kappa shape index (κ1) is 14.9. The van der Waals surface area contributed by atoms with Crippen molar-refractivity contribution < 1.29 is 9.59 Å². The van der Waals surface area contributed by atoms with Crippen molar-refractivity contribution in [1.82, 2.24) is 5.32 Å². The number of hydrogen-bond acceptors (Lipinski definition) is 4. The minimum atomic E-state index is -0.188. The van der Waals surface area contributed by atoms with Gasteiger partial charge in [0, 0.05) is 31.8 Å². The number of nitrogens with zero attached hydrogens (tertiary/aromatic N) is 1. The third kappa shape index (κ3) is 3.08. The van der Waals surface area contributed by atoms with Gasteiger partial charge in [0.15, 0.2) is 0 Å². The summed E-state index contributed by atoms with van der Waals surface area (Å²) in [6.45, 7) is 4.31. The zero-order valence-electron chi connectivity index (χ0n) is 13.0. The number of imide groups is 1. The van der Waals surface area contributed by atoms with Crippen LogP contribution in [0.1, 0.15) is 44.1 Å². The van der Waals surface area contributed by atoms with E-state index in [1.54, 1.807) is 0 Å². The summed E-state index contributed by atoms with van der Waals surface area (Å²) in [5, 5.41) is 2.36. The van der Waals surface area contributed by atoms with Crippen molar-refractivity contribution in [3.63, 3.8) is 0 Å². The third-order valence-corrected chi connectivity index (χ3v) is 4.79. The monoisotopic (exact) mass is 301 g/mol. The largest absolute Gasteiger partial charge is 0.397 e. The summed E-state index contributed by atoms with van der Waals surface area (Å²) < 4.78 is 0. The lowest BCUT2D eigenvalue weighted by atomic mass is 9.88. The van der Waals surface area contributed by atoms with Crippen molar-refractivity contribution in [2.75, 3.05) is 23.7 Å². The summed E-state index contributed by atoms with van der Waals surface area (Å²) in [7, 11) is 0. The van der Waals surface area contributed by atoms with Crippen molar-refractivity contribution in [2.24, 2.45) is 5.92 Å². The average Bonchev–Trinajstić information content (AvgIpc) is 2.48. The van der Waals surface area contributed by atoms with E-state index in [4.69, 9.17) is 5.73 Å². The first-order valence-electron chi connectivity index (χ1n) is 8.00. The van der Waals surface area contributed by atoms with Crippen LogP contribution in [0.15, 0.2) is 18.2 Å². The van der Waals surface area contributed by atoms with Gasteiger partial charge in [-0.25, -0.2) is 0 Å². The first-order valence-corrected chi connectivity index (χ1v) is 8.00. The maximum atomic E-state index is 11.6. The minimum Gasteiger partial charge on any atom is -0.397 e. The summed E-state index contributed by atoms with van der Waals surface area (Å²) in [6.07, 6.45) is 3.08. The molecule has 1 aromatic carbocycles. The highest BCUT2D eigenvalue weighted by Gasteiger charge is 2.27. The van der Waals surface area contributed by atoms with E-state index in [1.807, 2.05) is 12.1 Å². The van der Waals surface area contributed by atoms with Crippen LogP contribution in [0.5, 0.6) is 0 Å². The Hall–Kier alpha value is -2.04. The van der Waals surface area contributed by atoms with Crippen LogP contribution in [0.2, 0.25) is 0 Å². The molecule has 0 atom stereocenters. The van der Waals surface area contributed by atoms with Gasteiger partial charge in [0.05, 0.1) is 11.4 Å². The molecule has 5 heteroatoms. The van der Waals surface area contributed by atoms with E-state index < -0.39 is 0 Å². The number of carbonyl (C=O) groups is 2. The summed E-state index contributed by atoms with van der Waals surface area (Å²) in [6, 6.07) is 5.92. The van der Waals surface area contributed by atoms with Gasteiger partial charge in [-0.3, -0.25) is 14.9 Å². The number of piperidine rings is 2. The molecule has 3 rings (SSSR count). The second-order valence-corrected chi connectivity index (χ2v) is 6.56. The molecule has 118 valence electrons. The molecule has 2 saturated heterocycles. The van der Waals surface area contributed by atoms with Crippen LogP contribution >= 0.6 is 0 Å². The fourth-order valence-electron chi connectivity index (χ4n) is 3.35. The van der Waals surface area contributed by atoms with Crippen molar-refractivity contribution in [2.45, 2.75) is 38.5 Å². The zero-order chi connectivity index (χ0) is 15.7. The first-order chi connectivity index (χ1) is 10.5. The van der Waals surface area contributed by atoms with Gasteiger partial charge < -0.3 is 10.6 Å². The van der Waals surface area contributed by atoms with Gasteiger partial charge in [-0.05, 0) is 36.5 Å². The van der Waals surface area contributed by atoms with E-state index in [1.165, 1.54) is 12.8 Å². The number of nitrogens with one attached hydrogen (secondary N) is 1. The molecular formula is C17H23N3O2. The predicted octanol–water partition coefficient (Wildman–Crippen LogP) is 2.03. The third-order valence-electron chi connectivity index (χ3n) is 4.79. The van der Waals surface area contributed by atoms with Crippen LogP contribution < -0.4 is 16.0 Å². The molecule has 0 bridgehead atoms. The SMILES string of the molecule is CC1CCN(c2cc(C3CC(=O)NC(=O)C3)ccc2N)CC1. The molecule has 1 aromatic rings. The van der Waals surface area contributed by atoms with Crippen LogP contribution in [0.25, 0.3) is 0 Å². The predicted molar refractivity (Wildman–Crippen MR) is 86.6 cm³/mol. The molecule has 0 aliphatic carbocycles. The Labute approximate surface area is 130 Å². The fourth-order valence-corrected chi connectivity index (χ4v) is 3.35. The molecule has 2 heterocycles. The quantitative estimate of drug-likeness (QED) is 0.647. The van der Waals surface area contributed by atoms with Crippen molar-refractivity contribution in [1.29, 1.82) is 0 Å². The summed E-state index contributed by atoms with van der Waals surface area (Å²) in [5.41, 5.74) is 9.00. The van der Waals surface area contributed by atoms with E-state index in [-0.39, 0.29) is 17.7 Å². The van der Waals surface area contributed by atoms with E-state index in [2.05, 4.69) is 23.2 Å². The average molecular weight is 301 g/mol. The van der Waals surface area contributed by atoms with Crippen LogP contribution in [0.3, 0.4) is 0 Å². The maximum absolute atomic E-state index is 11.6. The second kappa shape index (κ2) is 5.99. The summed E-state index contributed by atoms with van der Waals surface area (Å²) in [5.74, 6) is 0.350. The Bertz CT molecular complexity index is 576. The number of anilines is 2. The number of nitrogens with two attached hydrogens (primary N) is 1. The van der Waals surface area contributed by atoms with Gasteiger partial charge in [0.2, 0.25) is 11.8 Å². The van der Waals surface area contributed by atoms with Gasteiger partial charge >= 0.3 is 0 Å². The highest BCUT2D eigenvalue weighted by Crippen LogP contribution is 2.34. The van der Waals surface area contributed by atoms with Crippen molar-refractivity contribution in [3.05, 3.63) is 23.8 Å². The van der Waals surface area contributed by atoms with Crippen LogP contribution in [-0.2, 0) is 9.59 Å². The number of amides is 2. The number of rotatable bonds is 2. The van der Waals surface area contributed by atoms with Gasteiger partial charge in [-0.1, -0.05) is 13.0 Å². The fraction of sp³-hybridized carbons (Fsp3) is 0.529. The molecule has 0 unspecified atom stereocenters. The maximum Gasteiger partial charge on any atom is 0.227 e. The molecule has 2 amide bonds. The lowest BCUT2D eigenvalue weighted by Gasteiger charge is -2.33. The molecule has 5 nitrogen and oxygen atoms in total. The molecule has 2 aliphatic rings. The zero-order valence-corrected chi connectivity index (χ0v) is 13.0. The molecular weight excluding hydrogens is 278 g/mol. The van der Waals surface area contributed by atoms with Gasteiger partial charge in [0.25, 0.3) is 0 Å². The molecule has 2 aliphatic heterocycles. The Morgan fingerprint density at radius 3 is 2.41 bits per heavy atom. The van der Waals surface area contributed by atoms with E-state index in [0.717, 1.165) is 35.9 Å². The number of benzene rings is 1. The molecule has 2 fully saturated rings. The Balaban J connectivity index is 1.83. The molecule has 0 radical (unpaired) electrons. The Morgan fingerprint density at radius 2 is 1.77 bits per heavy atom. The van der Waals surface area contributed by atoms with E-state index in [9.17, 15) is 9.59 Å². The standard InChI is InChI=1S/C17H23N3O2/c1-11-4-6-20(7-5-11)15-8-12(2-3-14(15)18)13-9-16(21)19-17(22)10-13/h2-3,8,11,13H,4-7,9-10,18H2,1H3,(H,19,21,22). The topological polar surface area (TPSA) is 75.4 Å². The molecule has 22 heavy (non-hydrogen) atoms. The molecule has 3 N–H and O–H groups in total. The van der Waals surface area contributed by atoms with Crippen molar-refractivity contribution >= 4 is 23.2 Å². The molecule has 0 saturated carbocycles. The number of nitrogen functional groups attached to an aromatic ring is 1. The smallest absolute Gasteiger partial charge is 0.227 e. The minimum absolute atomic E-state index is 0.0377. The van der Waals surface area contributed by atoms with Gasteiger partial charge in [-0.2, -0.15) is 0 Å². The van der Waals surface area contributed by atoms with Crippen LogP contribution in [-0.4, -0.2) is 24.9 Å². The van der Waals surface area contributed by atoms with Crippen LogP contribution in [0, 0.1) is 5.92 Å². The Morgan fingerprint density at radius 1 is 1.14 bits per heavy atom. The van der Waals surface area contributed by atoms with Crippen LogP contribution in [0.4, 0.5) is 11.4 Å². The summed E-state index contributed by atoms with van der Waals surface area (Å²) in [4.78, 5) is 25.5. The van der Waals surface area contributed by atoms with Crippen molar-refractivity contribution in [3.8, 4) is 0 Å². The normalized spacial score (nSPS) is 21.0. The highest BCUT2D eigenvalue weighted by atomic mass is 16.2. The van der Waals surface area contributed by atoms with E-state index >= 15 is 0 Å². The second-order valence-electron chi connectivity index (χ2n) is 6.56. The highest BCUT2D eigenvalue weighted by molar-refractivity contribution is 5.98. The van der Waals surface area contributed by atoms with Gasteiger partial charge in [0.1, 0.15) is 0 Å². The summed E-state index contributed by atoms with van der Waals surface area (Å²) >= 11 is 0. The lowest BCUT2D eigenvalue weighted by Crippen LogP contribution is -2.37. The Kier molecular flexibility index (Phi) is 4.05. The van der Waals surface area contributed by atoms with Gasteiger partial charge in [-0.15, -0.1) is 0 Å². The number of hydrogen-bond donors (Lipinski definition) is 2.